The van der Waals surface area contributed by atoms with Gasteiger partial charge in [-0.05, 0) is 19.3 Å². The molecular weight excluding hydrogens is 374 g/mol. The molecule has 0 radical (unpaired) electrons. The van der Waals surface area contributed by atoms with E-state index in [0.717, 1.165) is 6.08 Å². The van der Waals surface area contributed by atoms with Gasteiger partial charge in [0.15, 0.2) is 0 Å². The zero-order chi connectivity index (χ0) is 20.7. The van der Waals surface area contributed by atoms with Gasteiger partial charge in [0.25, 0.3) is 0 Å². The topological polar surface area (TPSA) is 175 Å². The molecule has 2 fully saturated rings. The van der Waals surface area contributed by atoms with Crippen LogP contribution in [0.25, 0.3) is 0 Å². The van der Waals surface area contributed by atoms with E-state index in [1.54, 1.807) is 0 Å². The van der Waals surface area contributed by atoms with Crippen LogP contribution in [0.15, 0.2) is 11.8 Å². The van der Waals surface area contributed by atoms with Gasteiger partial charge in [0.05, 0.1) is 12.6 Å². The summed E-state index contributed by atoms with van der Waals surface area (Å²) in [6.07, 6.45) is 2.25. The Morgan fingerprint density at radius 1 is 1.29 bits per heavy atom. The van der Waals surface area contributed by atoms with E-state index in [2.05, 4.69) is 16.0 Å². The fourth-order valence-electron chi connectivity index (χ4n) is 3.11. The summed E-state index contributed by atoms with van der Waals surface area (Å²) in [5.41, 5.74) is -0.591. The highest BCUT2D eigenvalue weighted by Gasteiger charge is 2.34. The number of nitrogens with one attached hydrogen (secondary N) is 4. The monoisotopic (exact) mass is 399 g/mol. The van der Waals surface area contributed by atoms with Crippen molar-refractivity contribution in [3.05, 3.63) is 22.2 Å². The van der Waals surface area contributed by atoms with E-state index in [1.165, 1.54) is 0 Å². The van der Waals surface area contributed by atoms with Crippen molar-refractivity contribution in [3.63, 3.8) is 0 Å². The number of aliphatic carboxylic acids is 1. The highest BCUT2D eigenvalue weighted by Crippen LogP contribution is 2.16. The third-order valence-corrected chi connectivity index (χ3v) is 4.72. The van der Waals surface area contributed by atoms with Crippen molar-refractivity contribution in [2.75, 3.05) is 39.3 Å². The second kappa shape index (κ2) is 9.59. The molecule has 2 aliphatic heterocycles. The Morgan fingerprint density at radius 3 is 2.61 bits per heavy atom. The number of rotatable bonds is 8. The zero-order valence-electron chi connectivity index (χ0n) is 15.4. The van der Waals surface area contributed by atoms with Crippen LogP contribution in [-0.4, -0.2) is 78.8 Å². The molecule has 2 saturated heterocycles. The average molecular weight is 399 g/mol. The number of piperazine rings is 2. The number of hydroxylamine groups is 5. The number of hydrogen-bond donors (Lipinski definition) is 5. The van der Waals surface area contributed by atoms with Crippen LogP contribution in [0.1, 0.15) is 19.3 Å². The van der Waals surface area contributed by atoms with Gasteiger partial charge in [-0.25, -0.2) is 4.79 Å². The van der Waals surface area contributed by atoms with Crippen LogP contribution in [0.5, 0.6) is 0 Å². The summed E-state index contributed by atoms with van der Waals surface area (Å²) in [7, 11) is 0. The van der Waals surface area contributed by atoms with E-state index in [-0.39, 0.29) is 56.1 Å². The molecule has 0 saturated carbocycles. The largest absolute Gasteiger partial charge is 0.634 e. The lowest BCUT2D eigenvalue weighted by molar-refractivity contribution is -0.958. The molecule has 28 heavy (non-hydrogen) atoms. The summed E-state index contributed by atoms with van der Waals surface area (Å²) in [6.45, 7) is -0.222. The lowest BCUT2D eigenvalue weighted by Gasteiger charge is -2.46. The molecule has 0 aromatic heterocycles. The van der Waals surface area contributed by atoms with Gasteiger partial charge in [-0.1, -0.05) is 0 Å². The number of unbranched alkanes of at least 4 members (excludes halogenated alkanes) is 1. The molecule has 0 aromatic rings. The van der Waals surface area contributed by atoms with Crippen LogP contribution in [0.4, 0.5) is 0 Å². The normalized spacial score (nSPS) is 28.3. The Hall–Kier alpha value is -2.54. The van der Waals surface area contributed by atoms with Gasteiger partial charge in [0.2, 0.25) is 23.4 Å². The first-order valence-electron chi connectivity index (χ1n) is 9.11. The Kier molecular flexibility index (Phi) is 7.45. The zero-order valence-corrected chi connectivity index (χ0v) is 15.4. The Labute approximate surface area is 161 Å². The molecular formula is C16H25N5O7. The Morgan fingerprint density at radius 2 is 1.96 bits per heavy atom. The van der Waals surface area contributed by atoms with Crippen LogP contribution in [-0.2, 0) is 19.2 Å². The number of carboxylic acid groups (broad SMARTS) is 1. The van der Waals surface area contributed by atoms with Gasteiger partial charge in [-0.3, -0.25) is 14.4 Å². The smallest absolute Gasteiger partial charge is 0.390 e. The van der Waals surface area contributed by atoms with Crippen LogP contribution >= 0.6 is 0 Å². The molecule has 0 spiro atoms. The highest BCUT2D eigenvalue weighted by molar-refractivity contribution is 5.96. The van der Waals surface area contributed by atoms with Crippen molar-refractivity contribution in [1.29, 1.82) is 0 Å². The Balaban J connectivity index is 1.78. The molecule has 5 N–H and O–H groups in total. The summed E-state index contributed by atoms with van der Waals surface area (Å²) in [4.78, 5) is 46.2. The first kappa shape index (κ1) is 21.8. The molecule has 12 heteroatoms. The molecule has 1 unspecified atom stereocenters. The molecule has 0 bridgehead atoms. The van der Waals surface area contributed by atoms with Gasteiger partial charge >= 0.3 is 5.97 Å². The first-order valence-corrected chi connectivity index (χ1v) is 9.11. The minimum Gasteiger partial charge on any atom is -0.634 e. The number of amides is 3. The van der Waals surface area contributed by atoms with Crippen LogP contribution in [0.3, 0.4) is 0 Å². The SMILES string of the molecule is O=C(/C=C(/C(=O)O)[N+]1([O-])CC[NH+]([O-])CC1)NCCCCC1NC(=O)CNC1=O. The van der Waals surface area contributed by atoms with Crippen LogP contribution < -0.4 is 21.0 Å². The van der Waals surface area contributed by atoms with Gasteiger partial charge in [-0.2, -0.15) is 0 Å². The van der Waals surface area contributed by atoms with Gasteiger partial charge in [-0.15, -0.1) is 0 Å². The maximum Gasteiger partial charge on any atom is 0.390 e. The van der Waals surface area contributed by atoms with E-state index < -0.39 is 28.3 Å². The summed E-state index contributed by atoms with van der Waals surface area (Å²) >= 11 is 0. The van der Waals surface area contributed by atoms with Crippen molar-refractivity contribution in [3.8, 4) is 0 Å². The van der Waals surface area contributed by atoms with E-state index >= 15 is 0 Å². The third-order valence-electron chi connectivity index (χ3n) is 4.72. The third kappa shape index (κ3) is 5.99. The van der Waals surface area contributed by atoms with E-state index in [9.17, 15) is 34.7 Å². The van der Waals surface area contributed by atoms with Crippen molar-refractivity contribution < 1.29 is 34.0 Å². The maximum atomic E-state index is 12.6. The van der Waals surface area contributed by atoms with Crippen LogP contribution in [0, 0.1) is 10.4 Å². The Bertz CT molecular complexity index is 658. The minimum absolute atomic E-state index is 0.0129. The summed E-state index contributed by atoms with van der Waals surface area (Å²) in [5.74, 6) is -2.69. The quantitative estimate of drug-likeness (QED) is 0.122. The number of carbonyl (C=O) groups is 4. The highest BCUT2D eigenvalue weighted by atomic mass is 16.6. The predicted octanol–water partition coefficient (Wildman–Crippen LogP) is -3.43. The molecule has 2 aliphatic rings. The second-order valence-electron chi connectivity index (χ2n) is 6.83. The van der Waals surface area contributed by atoms with Crippen LogP contribution in [0.2, 0.25) is 0 Å². The number of quaternary nitrogens is 2. The first-order chi connectivity index (χ1) is 13.2. The summed E-state index contributed by atoms with van der Waals surface area (Å²) in [6, 6.07) is -0.595. The average Bonchev–Trinajstić information content (AvgIpc) is 2.64. The molecule has 2 rings (SSSR count). The van der Waals surface area contributed by atoms with E-state index in [0.29, 0.717) is 19.3 Å². The predicted molar refractivity (Wildman–Crippen MR) is 94.9 cm³/mol. The van der Waals surface area contributed by atoms with Crippen molar-refractivity contribution in [2.24, 2.45) is 0 Å². The van der Waals surface area contributed by atoms with E-state index in [1.807, 2.05) is 0 Å². The molecule has 156 valence electrons. The number of carbonyl (C=O) groups excluding carboxylic acids is 3. The molecule has 2 heterocycles. The molecule has 0 aliphatic carbocycles. The molecule has 12 nitrogen and oxygen atoms in total. The number of nitrogens with zero attached hydrogens (tertiary/aromatic N) is 1. The fourth-order valence-corrected chi connectivity index (χ4v) is 3.11. The molecule has 1 atom stereocenters. The lowest BCUT2D eigenvalue weighted by atomic mass is 10.1. The standard InChI is InChI=1S/C16H25N5O7/c22-13(9-12(16(25)26)21(28)7-5-20(27)6-8-21)17-4-2-1-3-11-15(24)18-10-14(23)19-11/h9,11,20H,1-8,10H2,(H,17,22)(H,18,24)(H,19,23)(H,25,26)/b12-9-. The maximum absolute atomic E-state index is 12.6. The summed E-state index contributed by atoms with van der Waals surface area (Å²) in [5, 5.41) is 40.7. The van der Waals surface area contributed by atoms with Crippen molar-refractivity contribution in [1.82, 2.24) is 16.0 Å². The molecule has 3 amide bonds. The minimum atomic E-state index is -1.49. The van der Waals surface area contributed by atoms with Gasteiger partial charge in [0, 0.05) is 6.54 Å². The summed E-state index contributed by atoms with van der Waals surface area (Å²) < 4.78 is -1.20. The molecule has 0 aromatic carbocycles. The number of carboxylic acids is 1. The van der Waals surface area contributed by atoms with Crippen molar-refractivity contribution in [2.45, 2.75) is 25.3 Å². The second-order valence-corrected chi connectivity index (χ2v) is 6.83. The van der Waals surface area contributed by atoms with Crippen molar-refractivity contribution >= 4 is 23.7 Å². The van der Waals surface area contributed by atoms with E-state index in [4.69, 9.17) is 0 Å². The number of hydrogen-bond acceptors (Lipinski definition) is 6. The van der Waals surface area contributed by atoms with Gasteiger partial charge in [0.1, 0.15) is 32.2 Å². The fraction of sp³-hybridized carbons (Fsp3) is 0.625. The lowest BCUT2D eigenvalue weighted by Crippen LogP contribution is -3.11. The van der Waals surface area contributed by atoms with Gasteiger partial charge < -0.3 is 41.2 Å².